The highest BCUT2D eigenvalue weighted by atomic mass is 35.5. The molecule has 0 spiro atoms. The maximum absolute atomic E-state index is 12.8. The summed E-state index contributed by atoms with van der Waals surface area (Å²) >= 11 is 1.87. The molecular weight excluding hydrogens is 438 g/mol. The van der Waals surface area contributed by atoms with Gasteiger partial charge in [-0.1, -0.05) is 30.8 Å². The van der Waals surface area contributed by atoms with Crippen LogP contribution in [-0.4, -0.2) is 39.5 Å². The van der Waals surface area contributed by atoms with Crippen LogP contribution in [0.3, 0.4) is 0 Å². The van der Waals surface area contributed by atoms with Crippen molar-refractivity contribution in [1.82, 2.24) is 4.90 Å². The van der Waals surface area contributed by atoms with E-state index in [1.165, 1.54) is 49.3 Å². The Hall–Kier alpha value is -1.20. The first-order chi connectivity index (χ1) is 14.9. The first kappa shape index (κ1) is 23.9. The van der Waals surface area contributed by atoms with Crippen LogP contribution < -0.4 is 4.90 Å². The minimum atomic E-state index is 0. The number of hydrogen-bond acceptors (Lipinski definition) is 3. The van der Waals surface area contributed by atoms with Crippen molar-refractivity contribution in [2.24, 2.45) is 22.7 Å². The van der Waals surface area contributed by atoms with Crippen LogP contribution in [0, 0.1) is 17.8 Å². The van der Waals surface area contributed by atoms with Crippen LogP contribution in [0.1, 0.15) is 71.8 Å². The number of hydrogen-bond donors (Lipinski definition) is 0. The van der Waals surface area contributed by atoms with Gasteiger partial charge in [-0.15, -0.1) is 12.4 Å². The summed E-state index contributed by atoms with van der Waals surface area (Å²) < 4.78 is 0. The molecule has 1 aliphatic heterocycles. The maximum Gasteiger partial charge on any atom is 0.225 e. The number of aliphatic imine (C=N–C) groups is 1. The van der Waals surface area contributed by atoms with Crippen LogP contribution in [0.5, 0.6) is 0 Å². The molecule has 176 valence electrons. The highest BCUT2D eigenvalue weighted by Crippen LogP contribution is 2.57. The fourth-order valence-electron chi connectivity index (χ4n) is 7.15. The van der Waals surface area contributed by atoms with Gasteiger partial charge in [0.05, 0.1) is 5.54 Å². The van der Waals surface area contributed by atoms with Crippen molar-refractivity contribution in [3.8, 4) is 0 Å². The van der Waals surface area contributed by atoms with Gasteiger partial charge in [0.2, 0.25) is 5.91 Å². The molecule has 4 aliphatic carbocycles. The van der Waals surface area contributed by atoms with Crippen molar-refractivity contribution in [1.29, 1.82) is 0 Å². The summed E-state index contributed by atoms with van der Waals surface area (Å²) in [5.41, 5.74) is 2.47. The summed E-state index contributed by atoms with van der Waals surface area (Å²) in [6, 6.07) is 8.83. The van der Waals surface area contributed by atoms with Gasteiger partial charge in [-0.3, -0.25) is 14.7 Å². The molecule has 1 heterocycles. The van der Waals surface area contributed by atoms with E-state index >= 15 is 0 Å². The van der Waals surface area contributed by atoms with E-state index in [-0.39, 0.29) is 30.0 Å². The number of nitrogens with zero attached hydrogens (tertiary/aromatic N) is 3. The van der Waals surface area contributed by atoms with E-state index in [4.69, 9.17) is 4.99 Å². The molecule has 0 radical (unpaired) electrons. The first-order valence-electron chi connectivity index (χ1n) is 12.3. The molecule has 0 aromatic heterocycles. The van der Waals surface area contributed by atoms with Crippen molar-refractivity contribution >= 4 is 40.9 Å². The topological polar surface area (TPSA) is 35.9 Å². The van der Waals surface area contributed by atoms with Gasteiger partial charge in [0.15, 0.2) is 5.17 Å². The second kappa shape index (κ2) is 9.21. The lowest BCUT2D eigenvalue weighted by Crippen LogP contribution is -2.54. The zero-order valence-corrected chi connectivity index (χ0v) is 21.6. The molecule has 1 amide bonds. The SMILES string of the molecule is CCc1ccc(N(C(C)=O)C2CSC(=NC34CC5CC(CC(C5)C3)C4)N2C(C)C)cc1.Cl. The number of halogens is 1. The van der Waals surface area contributed by atoms with Crippen molar-refractivity contribution in [3.63, 3.8) is 0 Å². The second-order valence-electron chi connectivity index (χ2n) is 10.7. The third-order valence-electron chi connectivity index (χ3n) is 8.06. The quantitative estimate of drug-likeness (QED) is 0.513. The number of aryl methyl sites for hydroxylation is 1. The molecule has 4 nitrogen and oxygen atoms in total. The number of thioether (sulfide) groups is 1. The Kier molecular flexibility index (Phi) is 6.89. The number of carbonyl (C=O) groups is 1. The molecule has 6 rings (SSSR count). The Labute approximate surface area is 204 Å². The molecule has 0 N–H and O–H groups in total. The Bertz CT molecular complexity index is 833. The Morgan fingerprint density at radius 3 is 2.16 bits per heavy atom. The van der Waals surface area contributed by atoms with Gasteiger partial charge in [0, 0.05) is 24.4 Å². The number of anilines is 1. The van der Waals surface area contributed by atoms with Crippen molar-refractivity contribution < 1.29 is 4.79 Å². The van der Waals surface area contributed by atoms with Gasteiger partial charge in [-0.2, -0.15) is 0 Å². The van der Waals surface area contributed by atoms with E-state index in [1.54, 1.807) is 6.92 Å². The molecule has 6 heteroatoms. The third kappa shape index (κ3) is 4.32. The van der Waals surface area contributed by atoms with E-state index < -0.39 is 0 Å². The molecule has 5 aliphatic rings. The standard InChI is InChI=1S/C26H37N3OS.ClH/c1-5-19-6-8-23(9-7-19)29(18(4)30)24-16-31-25(28(24)17(2)3)27-26-13-20-10-21(14-26)12-22(11-20)15-26;/h6-9,17,20-22,24H,5,10-16H2,1-4H3;1H. The Morgan fingerprint density at radius 1 is 1.12 bits per heavy atom. The minimum absolute atomic E-state index is 0. The molecule has 32 heavy (non-hydrogen) atoms. The molecule has 1 aromatic rings. The number of amides is 1. The van der Waals surface area contributed by atoms with E-state index in [2.05, 4.69) is 49.9 Å². The van der Waals surface area contributed by atoms with Crippen LogP contribution in [0.2, 0.25) is 0 Å². The van der Waals surface area contributed by atoms with Gasteiger partial charge < -0.3 is 4.90 Å². The molecule has 4 bridgehead atoms. The van der Waals surface area contributed by atoms with Crippen molar-refractivity contribution in [2.75, 3.05) is 10.7 Å². The minimum Gasteiger partial charge on any atom is -0.327 e. The molecule has 4 saturated carbocycles. The van der Waals surface area contributed by atoms with E-state index in [0.717, 1.165) is 35.6 Å². The lowest BCUT2D eigenvalue weighted by molar-refractivity contribution is -0.117. The second-order valence-corrected chi connectivity index (χ2v) is 11.7. The largest absolute Gasteiger partial charge is 0.327 e. The average molecular weight is 476 g/mol. The van der Waals surface area contributed by atoms with Crippen LogP contribution in [0.15, 0.2) is 29.3 Å². The van der Waals surface area contributed by atoms with E-state index in [0.29, 0.717) is 6.04 Å². The zero-order chi connectivity index (χ0) is 21.8. The molecule has 1 saturated heterocycles. The van der Waals surface area contributed by atoms with Crippen LogP contribution in [0.25, 0.3) is 0 Å². The number of benzene rings is 1. The normalized spacial score (nSPS) is 34.3. The van der Waals surface area contributed by atoms with Crippen molar-refractivity contribution in [3.05, 3.63) is 29.8 Å². The fourth-order valence-corrected chi connectivity index (χ4v) is 8.49. The number of amidine groups is 1. The summed E-state index contributed by atoms with van der Waals surface area (Å²) in [6.45, 7) is 8.35. The van der Waals surface area contributed by atoms with Gasteiger partial charge in [0.25, 0.3) is 0 Å². The lowest BCUT2D eigenvalue weighted by Gasteiger charge is -2.55. The molecule has 5 fully saturated rings. The predicted molar refractivity (Wildman–Crippen MR) is 138 cm³/mol. The highest BCUT2D eigenvalue weighted by molar-refractivity contribution is 8.14. The monoisotopic (exact) mass is 475 g/mol. The highest BCUT2D eigenvalue weighted by Gasteiger charge is 2.52. The summed E-state index contributed by atoms with van der Waals surface area (Å²) in [7, 11) is 0. The van der Waals surface area contributed by atoms with Crippen LogP contribution >= 0.6 is 24.2 Å². The average Bonchev–Trinajstić information content (AvgIpc) is 3.09. The maximum atomic E-state index is 12.8. The molecule has 1 atom stereocenters. The first-order valence-corrected chi connectivity index (χ1v) is 13.3. The Balaban J connectivity index is 0.00000245. The van der Waals surface area contributed by atoms with Gasteiger partial charge >= 0.3 is 0 Å². The van der Waals surface area contributed by atoms with Gasteiger partial charge in [0.1, 0.15) is 6.17 Å². The zero-order valence-electron chi connectivity index (χ0n) is 19.9. The number of rotatable bonds is 5. The smallest absolute Gasteiger partial charge is 0.225 e. The summed E-state index contributed by atoms with van der Waals surface area (Å²) in [5, 5.41) is 1.18. The van der Waals surface area contributed by atoms with E-state index in [1.807, 2.05) is 16.7 Å². The van der Waals surface area contributed by atoms with E-state index in [9.17, 15) is 4.79 Å². The molecule has 1 unspecified atom stereocenters. The summed E-state index contributed by atoms with van der Waals surface area (Å²) in [4.78, 5) is 22.8. The van der Waals surface area contributed by atoms with Crippen LogP contribution in [0.4, 0.5) is 5.69 Å². The molecule has 1 aromatic carbocycles. The van der Waals surface area contributed by atoms with Gasteiger partial charge in [-0.25, -0.2) is 0 Å². The third-order valence-corrected chi connectivity index (χ3v) is 9.08. The summed E-state index contributed by atoms with van der Waals surface area (Å²) in [6.07, 6.45) is 9.23. The molecular formula is C26H38ClN3OS. The van der Waals surface area contributed by atoms with Crippen LogP contribution in [-0.2, 0) is 11.2 Å². The Morgan fingerprint density at radius 2 is 1.69 bits per heavy atom. The van der Waals surface area contributed by atoms with Gasteiger partial charge in [-0.05, 0) is 94.2 Å². The fraction of sp³-hybridized carbons (Fsp3) is 0.692. The summed E-state index contributed by atoms with van der Waals surface area (Å²) in [5.74, 6) is 3.69. The van der Waals surface area contributed by atoms with Crippen molar-refractivity contribution in [2.45, 2.75) is 90.4 Å². The lowest BCUT2D eigenvalue weighted by atomic mass is 9.53. The number of carbonyl (C=O) groups excluding carboxylic acids is 1. The predicted octanol–water partition coefficient (Wildman–Crippen LogP) is 6.13.